The molecule has 3 rings (SSSR count). The van der Waals surface area contributed by atoms with Gasteiger partial charge in [0.05, 0.1) is 11.3 Å². The fraction of sp³-hybridized carbons (Fsp3) is 0.176. The van der Waals surface area contributed by atoms with Crippen LogP contribution in [0.5, 0.6) is 0 Å². The van der Waals surface area contributed by atoms with Crippen LogP contribution < -0.4 is 0 Å². The number of para-hydroxylation sites is 1. The molecule has 0 aliphatic heterocycles. The average Bonchev–Trinajstić information content (AvgIpc) is 2.60. The van der Waals surface area contributed by atoms with Crippen LogP contribution in [0.1, 0.15) is 20.8 Å². The number of fused-ring (bicyclic) bond motifs is 1. The number of ketones is 2. The van der Waals surface area contributed by atoms with Crippen LogP contribution in [0.25, 0.3) is 0 Å². The van der Waals surface area contributed by atoms with Crippen LogP contribution in [0.2, 0.25) is 0 Å². The molecule has 1 aliphatic carbocycles. The Morgan fingerprint density at radius 3 is 2.54 bits per heavy atom. The molecule has 9 heteroatoms. The molecule has 26 heavy (non-hydrogen) atoms. The third-order valence-corrected chi connectivity index (χ3v) is 5.28. The summed E-state index contributed by atoms with van der Waals surface area (Å²) in [6.45, 7) is 0. The number of pyridine rings is 1. The van der Waals surface area contributed by atoms with Crippen molar-refractivity contribution in [3.63, 3.8) is 0 Å². The van der Waals surface area contributed by atoms with Crippen LogP contribution in [-0.4, -0.2) is 39.3 Å². The molecule has 1 aromatic heterocycles. The first kappa shape index (κ1) is 18.7. The first-order chi connectivity index (χ1) is 12.3. The summed E-state index contributed by atoms with van der Waals surface area (Å²) in [5, 5.41) is -0.908. The summed E-state index contributed by atoms with van der Waals surface area (Å²) in [4.78, 5) is 33.4. The predicted molar refractivity (Wildman–Crippen MR) is 95.7 cm³/mol. The zero-order valence-electron chi connectivity index (χ0n) is 13.3. The van der Waals surface area contributed by atoms with E-state index < -0.39 is 16.5 Å². The Morgan fingerprint density at radius 2 is 1.85 bits per heavy atom. The van der Waals surface area contributed by atoms with Gasteiger partial charge in [0.25, 0.3) is 0 Å². The number of thioether (sulfide) groups is 2. The van der Waals surface area contributed by atoms with E-state index in [1.165, 1.54) is 42.6 Å². The molecule has 0 radical (unpaired) electrons. The highest BCUT2D eigenvalue weighted by Gasteiger charge is 2.39. The SMILES string of the molecule is CSC1C(=O)c2ncccc2C(=O)C1=Nc1ccccc1SC(F)(F)F. The van der Waals surface area contributed by atoms with Crippen LogP contribution >= 0.6 is 23.5 Å². The molecule has 1 unspecified atom stereocenters. The Balaban J connectivity index is 2.11. The molecule has 2 aromatic rings. The minimum absolute atomic E-state index is 0.00244. The van der Waals surface area contributed by atoms with E-state index >= 15 is 0 Å². The van der Waals surface area contributed by atoms with Gasteiger partial charge in [0.1, 0.15) is 16.7 Å². The normalized spacial score (nSPS) is 18.9. The Morgan fingerprint density at radius 1 is 1.12 bits per heavy atom. The molecule has 1 aliphatic rings. The molecular weight excluding hydrogens is 385 g/mol. The number of carbonyl (C=O) groups is 2. The van der Waals surface area contributed by atoms with Crippen molar-refractivity contribution >= 4 is 46.5 Å². The fourth-order valence-corrected chi connectivity index (χ4v) is 3.83. The van der Waals surface area contributed by atoms with Crippen LogP contribution in [0.4, 0.5) is 18.9 Å². The minimum atomic E-state index is -4.49. The monoisotopic (exact) mass is 396 g/mol. The second-order valence-electron chi connectivity index (χ2n) is 5.22. The summed E-state index contributed by atoms with van der Waals surface area (Å²) in [7, 11) is 0. The summed E-state index contributed by atoms with van der Waals surface area (Å²) in [5.41, 5.74) is -4.40. The lowest BCUT2D eigenvalue weighted by Crippen LogP contribution is -2.40. The van der Waals surface area contributed by atoms with Gasteiger partial charge in [-0.05, 0) is 42.3 Å². The fourth-order valence-electron chi connectivity index (χ4n) is 2.51. The van der Waals surface area contributed by atoms with E-state index in [-0.39, 0.29) is 45.1 Å². The Hall–Kier alpha value is -2.13. The van der Waals surface area contributed by atoms with Crippen molar-refractivity contribution in [1.82, 2.24) is 4.98 Å². The number of halogens is 3. The lowest BCUT2D eigenvalue weighted by molar-refractivity contribution is -0.0328. The molecule has 4 nitrogen and oxygen atoms in total. The summed E-state index contributed by atoms with van der Waals surface area (Å²) in [6, 6.07) is 8.63. The first-order valence-corrected chi connectivity index (χ1v) is 9.42. The third kappa shape index (κ3) is 3.68. The summed E-state index contributed by atoms with van der Waals surface area (Å²) < 4.78 is 38.3. The number of nitrogens with zero attached hydrogens (tertiary/aromatic N) is 2. The van der Waals surface area contributed by atoms with E-state index in [2.05, 4.69) is 9.98 Å². The Kier molecular flexibility index (Phi) is 5.19. The van der Waals surface area contributed by atoms with Gasteiger partial charge in [0.2, 0.25) is 11.6 Å². The lowest BCUT2D eigenvalue weighted by Gasteiger charge is -2.22. The van der Waals surface area contributed by atoms with E-state index in [0.717, 1.165) is 11.8 Å². The molecule has 134 valence electrons. The average molecular weight is 396 g/mol. The number of carbonyl (C=O) groups excluding carboxylic acids is 2. The zero-order valence-corrected chi connectivity index (χ0v) is 14.9. The van der Waals surface area contributed by atoms with Gasteiger partial charge in [0, 0.05) is 11.1 Å². The second-order valence-corrected chi connectivity index (χ2v) is 7.27. The van der Waals surface area contributed by atoms with E-state index in [1.807, 2.05) is 0 Å². The van der Waals surface area contributed by atoms with E-state index in [1.54, 1.807) is 6.26 Å². The number of aromatic nitrogens is 1. The molecule has 0 amide bonds. The highest BCUT2D eigenvalue weighted by atomic mass is 32.2. The van der Waals surface area contributed by atoms with Gasteiger partial charge in [-0.1, -0.05) is 12.1 Å². The maximum Gasteiger partial charge on any atom is 0.446 e. The van der Waals surface area contributed by atoms with Gasteiger partial charge in [-0.25, -0.2) is 4.99 Å². The van der Waals surface area contributed by atoms with Gasteiger partial charge in [-0.2, -0.15) is 13.2 Å². The molecule has 0 spiro atoms. The van der Waals surface area contributed by atoms with Gasteiger partial charge < -0.3 is 0 Å². The van der Waals surface area contributed by atoms with Crippen molar-refractivity contribution in [2.75, 3.05) is 6.26 Å². The molecule has 0 bridgehead atoms. The lowest BCUT2D eigenvalue weighted by atomic mass is 9.91. The number of Topliss-reactive ketones (excluding diaryl/α,β-unsaturated/α-hetero) is 2. The molecule has 0 N–H and O–H groups in total. The van der Waals surface area contributed by atoms with Crippen molar-refractivity contribution in [1.29, 1.82) is 0 Å². The molecular formula is C17H11F3N2O2S2. The van der Waals surface area contributed by atoms with Crippen molar-refractivity contribution in [2.24, 2.45) is 4.99 Å². The highest BCUT2D eigenvalue weighted by Crippen LogP contribution is 2.41. The molecule has 1 heterocycles. The molecule has 1 atom stereocenters. The van der Waals surface area contributed by atoms with Crippen LogP contribution in [-0.2, 0) is 0 Å². The quantitative estimate of drug-likeness (QED) is 0.711. The highest BCUT2D eigenvalue weighted by molar-refractivity contribution is 8.01. The number of hydrogen-bond acceptors (Lipinski definition) is 6. The number of alkyl halides is 3. The Bertz CT molecular complexity index is 913. The largest absolute Gasteiger partial charge is 0.446 e. The maximum atomic E-state index is 12.8. The molecule has 0 fully saturated rings. The number of aliphatic imine (C=N–C) groups is 1. The first-order valence-electron chi connectivity index (χ1n) is 7.32. The Labute approximate surface area is 155 Å². The van der Waals surface area contributed by atoms with Crippen molar-refractivity contribution < 1.29 is 22.8 Å². The van der Waals surface area contributed by atoms with Gasteiger partial charge >= 0.3 is 5.51 Å². The predicted octanol–water partition coefficient (Wildman–Crippen LogP) is 4.58. The second kappa shape index (κ2) is 7.24. The van der Waals surface area contributed by atoms with Gasteiger partial charge in [0.15, 0.2) is 0 Å². The van der Waals surface area contributed by atoms with E-state index in [0.29, 0.717) is 0 Å². The van der Waals surface area contributed by atoms with E-state index in [9.17, 15) is 22.8 Å². The number of benzene rings is 1. The van der Waals surface area contributed by atoms with Crippen LogP contribution in [0.3, 0.4) is 0 Å². The van der Waals surface area contributed by atoms with Crippen molar-refractivity contribution in [3.05, 3.63) is 53.9 Å². The minimum Gasteiger partial charge on any atom is -0.291 e. The van der Waals surface area contributed by atoms with Crippen LogP contribution in [0.15, 0.2) is 52.5 Å². The maximum absolute atomic E-state index is 12.8. The summed E-state index contributed by atoms with van der Waals surface area (Å²) in [5.74, 6) is -0.883. The molecule has 0 saturated carbocycles. The zero-order chi connectivity index (χ0) is 18.9. The van der Waals surface area contributed by atoms with Gasteiger partial charge in [-0.3, -0.25) is 14.6 Å². The van der Waals surface area contributed by atoms with Crippen molar-refractivity contribution in [3.8, 4) is 0 Å². The smallest absolute Gasteiger partial charge is 0.291 e. The van der Waals surface area contributed by atoms with Crippen LogP contribution in [0, 0.1) is 0 Å². The van der Waals surface area contributed by atoms with Gasteiger partial charge in [-0.15, -0.1) is 11.8 Å². The summed E-state index contributed by atoms with van der Waals surface area (Å²) in [6.07, 6.45) is 3.05. The molecule has 1 aromatic carbocycles. The third-order valence-electron chi connectivity index (χ3n) is 3.57. The number of rotatable bonds is 3. The van der Waals surface area contributed by atoms with Crippen molar-refractivity contribution in [2.45, 2.75) is 15.7 Å². The molecule has 0 saturated heterocycles. The summed E-state index contributed by atoms with van der Waals surface area (Å²) >= 11 is 0.787. The standard InChI is InChI=1S/C17H11F3N2O2S2/c1-25-16-13(14(23)9-5-4-8-21-12(9)15(16)24)22-10-6-2-3-7-11(10)26-17(18,19)20/h2-8,16H,1H3. The van der Waals surface area contributed by atoms with E-state index in [4.69, 9.17) is 0 Å². The number of hydrogen-bond donors (Lipinski definition) is 0. The topological polar surface area (TPSA) is 59.4 Å².